The fourth-order valence-corrected chi connectivity index (χ4v) is 3.24. The Labute approximate surface area is 109 Å². The maximum Gasteiger partial charge on any atom is 0.244 e. The summed E-state index contributed by atoms with van der Waals surface area (Å²) in [4.78, 5) is 18.1. The van der Waals surface area contributed by atoms with Crippen molar-refractivity contribution in [2.75, 3.05) is 18.9 Å². The molecule has 0 bridgehead atoms. The lowest BCUT2D eigenvalue weighted by atomic mass is 10.2. The Hall–Kier alpha value is -1.63. The average molecular weight is 265 g/mol. The molecule has 1 aliphatic heterocycles. The van der Waals surface area contributed by atoms with Gasteiger partial charge in [-0.05, 0) is 13.3 Å². The Kier molecular flexibility index (Phi) is 2.51. The van der Waals surface area contributed by atoms with Crippen LogP contribution in [0.5, 0.6) is 0 Å². The van der Waals surface area contributed by atoms with Crippen LogP contribution in [-0.2, 0) is 11.8 Å². The zero-order valence-corrected chi connectivity index (χ0v) is 11.4. The van der Waals surface area contributed by atoms with E-state index in [0.29, 0.717) is 0 Å². The Balaban J connectivity index is 1.87. The Morgan fingerprint density at radius 3 is 2.83 bits per heavy atom. The zero-order valence-electron chi connectivity index (χ0n) is 10.6. The van der Waals surface area contributed by atoms with E-state index in [0.717, 1.165) is 34.1 Å². The van der Waals surface area contributed by atoms with Gasteiger partial charge in [0.25, 0.3) is 0 Å². The fourth-order valence-electron chi connectivity index (χ4n) is 2.25. The smallest absolute Gasteiger partial charge is 0.244 e. The lowest BCUT2D eigenvalue weighted by Crippen LogP contribution is -2.30. The molecule has 1 N–H and O–H groups in total. The summed E-state index contributed by atoms with van der Waals surface area (Å²) in [6.45, 7) is 2.78. The number of likely N-dealkylation sites (N-methyl/N-ethyl adjacent to an activating group) is 1. The fraction of sp³-hybridized carbons (Fsp3) is 0.545. The van der Waals surface area contributed by atoms with E-state index in [-0.39, 0.29) is 11.9 Å². The molecule has 7 heteroatoms. The van der Waals surface area contributed by atoms with E-state index in [2.05, 4.69) is 15.4 Å². The topological polar surface area (TPSA) is 63.1 Å². The molecule has 18 heavy (non-hydrogen) atoms. The summed E-state index contributed by atoms with van der Waals surface area (Å²) in [5, 5.41) is 8.34. The number of nitrogens with zero attached hydrogens (tertiary/aromatic N) is 4. The van der Waals surface area contributed by atoms with Gasteiger partial charge in [-0.3, -0.25) is 4.79 Å². The number of carbonyl (C=O) groups excluding carboxylic acids is 1. The third-order valence-corrected chi connectivity index (χ3v) is 4.35. The number of aromatic nitrogens is 3. The monoisotopic (exact) mass is 265 g/mol. The predicted molar refractivity (Wildman–Crippen MR) is 70.8 cm³/mol. The van der Waals surface area contributed by atoms with Gasteiger partial charge < -0.3 is 10.2 Å². The van der Waals surface area contributed by atoms with Crippen molar-refractivity contribution in [1.82, 2.24) is 19.7 Å². The van der Waals surface area contributed by atoms with Crippen LogP contribution >= 0.6 is 11.3 Å². The summed E-state index contributed by atoms with van der Waals surface area (Å²) in [6, 6.07) is -0.135. The first-order valence-electron chi connectivity index (χ1n) is 5.88. The van der Waals surface area contributed by atoms with Gasteiger partial charge in [0, 0.05) is 20.6 Å². The molecule has 1 saturated heterocycles. The van der Waals surface area contributed by atoms with Gasteiger partial charge in [0.15, 0.2) is 10.8 Å². The van der Waals surface area contributed by atoms with Gasteiger partial charge in [-0.25, -0.2) is 9.67 Å². The quantitative estimate of drug-likeness (QED) is 0.879. The zero-order chi connectivity index (χ0) is 12.9. The van der Waals surface area contributed by atoms with E-state index in [9.17, 15) is 4.79 Å². The molecule has 6 nitrogen and oxygen atoms in total. The first-order valence-corrected chi connectivity index (χ1v) is 6.69. The number of fused-ring (bicyclic) bond motifs is 1. The van der Waals surface area contributed by atoms with E-state index in [1.807, 2.05) is 21.0 Å². The summed E-state index contributed by atoms with van der Waals surface area (Å²) in [5.41, 5.74) is 1.85. The highest BCUT2D eigenvalue weighted by Gasteiger charge is 2.29. The number of hydrogen-bond donors (Lipinski definition) is 1. The molecular weight excluding hydrogens is 250 g/mol. The maximum atomic E-state index is 11.8. The van der Waals surface area contributed by atoms with Crippen LogP contribution in [0.2, 0.25) is 0 Å². The van der Waals surface area contributed by atoms with Gasteiger partial charge in [-0.15, -0.1) is 0 Å². The Morgan fingerprint density at radius 1 is 1.44 bits per heavy atom. The van der Waals surface area contributed by atoms with Crippen molar-refractivity contribution >= 4 is 32.7 Å². The highest BCUT2D eigenvalue weighted by atomic mass is 32.1. The molecule has 1 atom stereocenters. The third kappa shape index (κ3) is 1.66. The molecule has 96 valence electrons. The van der Waals surface area contributed by atoms with Gasteiger partial charge >= 0.3 is 0 Å². The van der Waals surface area contributed by atoms with Crippen molar-refractivity contribution < 1.29 is 4.79 Å². The predicted octanol–water partition coefficient (Wildman–Crippen LogP) is 0.981. The van der Waals surface area contributed by atoms with E-state index >= 15 is 0 Å². The van der Waals surface area contributed by atoms with Crippen LogP contribution in [0.15, 0.2) is 0 Å². The van der Waals surface area contributed by atoms with Gasteiger partial charge in [0.05, 0.1) is 10.4 Å². The van der Waals surface area contributed by atoms with Gasteiger partial charge in [-0.2, -0.15) is 5.10 Å². The number of hydrogen-bond acceptors (Lipinski definition) is 5. The number of amides is 1. The molecule has 1 amide bonds. The number of likely N-dealkylation sites (tertiary alicyclic amines) is 1. The number of nitrogens with one attached hydrogen (secondary N) is 1. The van der Waals surface area contributed by atoms with Gasteiger partial charge in [0.2, 0.25) is 5.91 Å². The summed E-state index contributed by atoms with van der Waals surface area (Å²) in [7, 11) is 3.71. The summed E-state index contributed by atoms with van der Waals surface area (Å²) in [5.74, 6) is 0.143. The first kappa shape index (κ1) is 11.5. The van der Waals surface area contributed by atoms with Crippen LogP contribution in [0.25, 0.3) is 10.3 Å². The van der Waals surface area contributed by atoms with Crippen molar-refractivity contribution in [3.63, 3.8) is 0 Å². The second-order valence-corrected chi connectivity index (χ2v) is 5.63. The van der Waals surface area contributed by atoms with Gasteiger partial charge in [0.1, 0.15) is 6.04 Å². The maximum absolute atomic E-state index is 11.8. The number of rotatable bonds is 2. The van der Waals surface area contributed by atoms with Crippen LogP contribution in [0.1, 0.15) is 12.1 Å². The largest absolute Gasteiger partial charge is 0.350 e. The molecule has 0 aromatic carbocycles. The Bertz CT molecular complexity index is 582. The molecule has 0 spiro atoms. The van der Waals surface area contributed by atoms with Crippen molar-refractivity contribution in [3.05, 3.63) is 5.69 Å². The van der Waals surface area contributed by atoms with Gasteiger partial charge in [-0.1, -0.05) is 11.3 Å². The van der Waals surface area contributed by atoms with Crippen molar-refractivity contribution in [3.8, 4) is 0 Å². The van der Waals surface area contributed by atoms with E-state index in [4.69, 9.17) is 0 Å². The first-order chi connectivity index (χ1) is 8.56. The van der Waals surface area contributed by atoms with Crippen molar-refractivity contribution in [1.29, 1.82) is 0 Å². The molecule has 0 aliphatic carbocycles. The summed E-state index contributed by atoms with van der Waals surface area (Å²) < 4.78 is 2.85. The van der Waals surface area contributed by atoms with Crippen molar-refractivity contribution in [2.24, 2.45) is 7.05 Å². The van der Waals surface area contributed by atoms with Crippen LogP contribution in [-0.4, -0.2) is 45.2 Å². The standard InChI is InChI=1S/C11H15N5OS/c1-6-8-9(16(3)14-6)13-11(18-8)12-7-4-5-15(2)10(7)17/h7H,4-5H2,1-3H3,(H,12,13)/t7-/m1/s1. The molecule has 1 aliphatic rings. The van der Waals surface area contributed by atoms with Crippen LogP contribution < -0.4 is 5.32 Å². The highest BCUT2D eigenvalue weighted by Crippen LogP contribution is 2.29. The molecule has 3 heterocycles. The van der Waals surface area contributed by atoms with E-state index in [1.165, 1.54) is 0 Å². The highest BCUT2D eigenvalue weighted by molar-refractivity contribution is 7.22. The molecule has 2 aromatic rings. The minimum atomic E-state index is -0.135. The summed E-state index contributed by atoms with van der Waals surface area (Å²) >= 11 is 1.56. The Morgan fingerprint density at radius 2 is 2.22 bits per heavy atom. The normalized spacial score (nSPS) is 20.1. The molecule has 2 aromatic heterocycles. The number of thiazole rings is 1. The van der Waals surface area contributed by atoms with Crippen LogP contribution in [0.4, 0.5) is 5.13 Å². The minimum Gasteiger partial charge on any atom is -0.350 e. The minimum absolute atomic E-state index is 0.135. The molecule has 1 fully saturated rings. The molecule has 0 unspecified atom stereocenters. The van der Waals surface area contributed by atoms with Crippen LogP contribution in [0, 0.1) is 6.92 Å². The second kappa shape index (κ2) is 3.94. The molecule has 3 rings (SSSR count). The van der Waals surface area contributed by atoms with Crippen molar-refractivity contribution in [2.45, 2.75) is 19.4 Å². The van der Waals surface area contributed by atoms with E-state index < -0.39 is 0 Å². The summed E-state index contributed by atoms with van der Waals surface area (Å²) in [6.07, 6.45) is 0.836. The van der Waals surface area contributed by atoms with Crippen LogP contribution in [0.3, 0.4) is 0 Å². The number of anilines is 1. The second-order valence-electron chi connectivity index (χ2n) is 4.63. The average Bonchev–Trinajstić information content (AvgIpc) is 2.94. The lowest BCUT2D eigenvalue weighted by molar-refractivity contribution is -0.127. The molecular formula is C11H15N5OS. The number of carbonyl (C=O) groups is 1. The molecule has 0 radical (unpaired) electrons. The SMILES string of the molecule is Cc1nn(C)c2nc(N[C@@H]3CCN(C)C3=O)sc12. The number of aryl methyl sites for hydroxylation is 2. The lowest BCUT2D eigenvalue weighted by Gasteiger charge is -2.10. The third-order valence-electron chi connectivity index (χ3n) is 3.27. The van der Waals surface area contributed by atoms with E-state index in [1.54, 1.807) is 20.9 Å². The molecule has 0 saturated carbocycles.